The third-order valence-electron chi connectivity index (χ3n) is 3.53. The van der Waals surface area contributed by atoms with Crippen molar-refractivity contribution < 1.29 is 9.59 Å². The molecule has 2 aromatic rings. The van der Waals surface area contributed by atoms with Crippen LogP contribution >= 0.6 is 34.8 Å². The molecule has 0 aliphatic carbocycles. The number of imide groups is 1. The van der Waals surface area contributed by atoms with Crippen LogP contribution in [0.5, 0.6) is 0 Å². The van der Waals surface area contributed by atoms with Crippen LogP contribution in [0.2, 0.25) is 15.1 Å². The van der Waals surface area contributed by atoms with Crippen LogP contribution in [0.1, 0.15) is 30.1 Å². The Labute approximate surface area is 161 Å². The highest BCUT2D eigenvalue weighted by atomic mass is 35.5. The van der Waals surface area contributed by atoms with Crippen molar-refractivity contribution in [3.05, 3.63) is 63.1 Å². The van der Waals surface area contributed by atoms with Gasteiger partial charge < -0.3 is 0 Å². The first kappa shape index (κ1) is 19.6. The molecule has 0 aliphatic rings. The Morgan fingerprint density at radius 3 is 2.16 bits per heavy atom. The van der Waals surface area contributed by atoms with Gasteiger partial charge in [0.05, 0.1) is 15.6 Å². The fourth-order valence-electron chi connectivity index (χ4n) is 2.23. The van der Waals surface area contributed by atoms with E-state index in [9.17, 15) is 9.59 Å². The maximum Gasteiger partial charge on any atom is 0.328 e. The summed E-state index contributed by atoms with van der Waals surface area (Å²) in [6.45, 7) is 2.49. The number of unbranched alkanes of at least 4 members (excludes halogenated alkanes) is 1. The first-order valence-corrected chi connectivity index (χ1v) is 8.90. The van der Waals surface area contributed by atoms with Crippen LogP contribution < -0.4 is 10.2 Å². The van der Waals surface area contributed by atoms with Gasteiger partial charge in [-0.15, -0.1) is 0 Å². The van der Waals surface area contributed by atoms with E-state index < -0.39 is 11.9 Å². The van der Waals surface area contributed by atoms with Crippen molar-refractivity contribution >= 4 is 52.4 Å². The van der Waals surface area contributed by atoms with E-state index in [-0.39, 0.29) is 15.6 Å². The van der Waals surface area contributed by atoms with Crippen LogP contribution in [-0.2, 0) is 0 Å². The molecule has 0 bridgehead atoms. The van der Waals surface area contributed by atoms with Crippen LogP contribution in [0.15, 0.2) is 42.5 Å². The van der Waals surface area contributed by atoms with E-state index in [1.165, 1.54) is 4.90 Å². The molecule has 0 saturated carbocycles. The van der Waals surface area contributed by atoms with Crippen LogP contribution in [-0.4, -0.2) is 18.5 Å². The molecular weight excluding hydrogens is 383 g/mol. The summed E-state index contributed by atoms with van der Waals surface area (Å²) in [5.41, 5.74) is 0.721. The number of anilines is 1. The van der Waals surface area contributed by atoms with Crippen molar-refractivity contribution in [1.82, 2.24) is 5.32 Å². The zero-order chi connectivity index (χ0) is 18.4. The van der Waals surface area contributed by atoms with Gasteiger partial charge >= 0.3 is 6.03 Å². The van der Waals surface area contributed by atoms with E-state index >= 15 is 0 Å². The van der Waals surface area contributed by atoms with Crippen LogP contribution in [0.3, 0.4) is 0 Å². The second-order valence-electron chi connectivity index (χ2n) is 5.34. The first-order valence-electron chi connectivity index (χ1n) is 7.76. The van der Waals surface area contributed by atoms with Gasteiger partial charge in [0.15, 0.2) is 0 Å². The summed E-state index contributed by atoms with van der Waals surface area (Å²) in [7, 11) is 0. The number of benzene rings is 2. The Balaban J connectivity index is 2.21. The number of carbonyl (C=O) groups excluding carboxylic acids is 2. The molecule has 4 nitrogen and oxygen atoms in total. The van der Waals surface area contributed by atoms with Gasteiger partial charge in [0.25, 0.3) is 5.91 Å². The number of nitrogens with zero attached hydrogens (tertiary/aromatic N) is 1. The minimum atomic E-state index is -0.643. The summed E-state index contributed by atoms with van der Waals surface area (Å²) >= 11 is 17.9. The number of hydrogen-bond acceptors (Lipinski definition) is 2. The summed E-state index contributed by atoms with van der Waals surface area (Å²) in [4.78, 5) is 26.5. The van der Waals surface area contributed by atoms with Crippen molar-refractivity contribution in [2.75, 3.05) is 11.4 Å². The molecule has 7 heteroatoms. The highest BCUT2D eigenvalue weighted by Gasteiger charge is 2.21. The topological polar surface area (TPSA) is 49.4 Å². The smallest absolute Gasteiger partial charge is 0.294 e. The van der Waals surface area contributed by atoms with Gasteiger partial charge in [-0.1, -0.05) is 54.2 Å². The molecule has 2 aromatic carbocycles. The predicted molar refractivity (Wildman–Crippen MR) is 103 cm³/mol. The number of nitrogens with one attached hydrogen (secondary N) is 1. The molecule has 25 heavy (non-hydrogen) atoms. The Hall–Kier alpha value is -1.75. The molecule has 0 aromatic heterocycles. The molecule has 2 rings (SSSR count). The van der Waals surface area contributed by atoms with Gasteiger partial charge in [-0.05, 0) is 42.8 Å². The monoisotopic (exact) mass is 398 g/mol. The van der Waals surface area contributed by atoms with E-state index in [4.69, 9.17) is 34.8 Å². The molecule has 0 saturated heterocycles. The maximum absolute atomic E-state index is 12.6. The number of amides is 3. The molecule has 3 amide bonds. The minimum absolute atomic E-state index is 0.0748. The normalized spacial score (nSPS) is 10.4. The largest absolute Gasteiger partial charge is 0.328 e. The molecule has 0 aliphatic heterocycles. The van der Waals surface area contributed by atoms with Crippen LogP contribution in [0, 0.1) is 0 Å². The summed E-state index contributed by atoms with van der Waals surface area (Å²) in [6, 6.07) is 11.0. The zero-order valence-electron chi connectivity index (χ0n) is 13.6. The Morgan fingerprint density at radius 1 is 1.00 bits per heavy atom. The lowest BCUT2D eigenvalue weighted by atomic mass is 10.2. The lowest BCUT2D eigenvalue weighted by Crippen LogP contribution is -2.43. The Bertz CT molecular complexity index is 743. The van der Waals surface area contributed by atoms with E-state index in [0.29, 0.717) is 17.3 Å². The van der Waals surface area contributed by atoms with Crippen molar-refractivity contribution in [3.8, 4) is 0 Å². The van der Waals surface area contributed by atoms with Crippen molar-refractivity contribution in [2.45, 2.75) is 19.8 Å². The second-order valence-corrected chi connectivity index (χ2v) is 6.59. The van der Waals surface area contributed by atoms with Crippen molar-refractivity contribution in [2.24, 2.45) is 0 Å². The number of urea groups is 1. The Kier molecular flexibility index (Phi) is 7.12. The lowest BCUT2D eigenvalue weighted by Gasteiger charge is -2.23. The molecule has 132 valence electrons. The molecule has 1 N–H and O–H groups in total. The SMILES string of the molecule is CCCCN(C(=O)NC(=O)c1c(Cl)cccc1Cl)c1ccc(Cl)cc1. The quantitative estimate of drug-likeness (QED) is 0.690. The van der Waals surface area contributed by atoms with Gasteiger partial charge in [0, 0.05) is 17.3 Å². The molecule has 0 spiro atoms. The predicted octanol–water partition coefficient (Wildman–Crippen LogP) is 5.80. The Morgan fingerprint density at radius 2 is 1.60 bits per heavy atom. The average molecular weight is 400 g/mol. The van der Waals surface area contributed by atoms with Gasteiger partial charge in [0.1, 0.15) is 0 Å². The summed E-state index contributed by atoms with van der Waals surface area (Å²) in [5, 5.41) is 3.28. The number of rotatable bonds is 5. The third-order valence-corrected chi connectivity index (χ3v) is 4.41. The first-order chi connectivity index (χ1) is 11.9. The van der Waals surface area contributed by atoms with E-state index in [0.717, 1.165) is 12.8 Å². The maximum atomic E-state index is 12.6. The minimum Gasteiger partial charge on any atom is -0.294 e. The van der Waals surface area contributed by atoms with Crippen LogP contribution in [0.25, 0.3) is 0 Å². The molecule has 0 atom stereocenters. The highest BCUT2D eigenvalue weighted by molar-refractivity contribution is 6.40. The fourth-order valence-corrected chi connectivity index (χ4v) is 2.92. The average Bonchev–Trinajstić information content (AvgIpc) is 2.56. The van der Waals surface area contributed by atoms with Gasteiger partial charge in [-0.2, -0.15) is 0 Å². The second kappa shape index (κ2) is 9.09. The standard InChI is InChI=1S/C18H17Cl3N2O2/c1-2-3-11-23(13-9-7-12(19)8-10-13)18(25)22-17(24)16-14(20)5-4-6-15(16)21/h4-10H,2-3,11H2,1H3,(H,22,24,25). The molecule has 0 radical (unpaired) electrons. The summed E-state index contributed by atoms with van der Waals surface area (Å²) in [6.07, 6.45) is 1.69. The lowest BCUT2D eigenvalue weighted by molar-refractivity contribution is 0.0966. The summed E-state index contributed by atoms with van der Waals surface area (Å²) < 4.78 is 0. The van der Waals surface area contributed by atoms with Gasteiger partial charge in [-0.3, -0.25) is 15.0 Å². The number of carbonyl (C=O) groups is 2. The van der Waals surface area contributed by atoms with E-state index in [2.05, 4.69) is 5.32 Å². The van der Waals surface area contributed by atoms with Crippen LogP contribution in [0.4, 0.5) is 10.5 Å². The molecule has 0 fully saturated rings. The van der Waals surface area contributed by atoms with Crippen molar-refractivity contribution in [3.63, 3.8) is 0 Å². The molecule has 0 unspecified atom stereocenters. The van der Waals surface area contributed by atoms with Gasteiger partial charge in [-0.25, -0.2) is 4.79 Å². The fraction of sp³-hybridized carbons (Fsp3) is 0.222. The number of hydrogen-bond donors (Lipinski definition) is 1. The zero-order valence-corrected chi connectivity index (χ0v) is 15.8. The highest BCUT2D eigenvalue weighted by Crippen LogP contribution is 2.24. The van der Waals surface area contributed by atoms with E-state index in [1.54, 1.807) is 42.5 Å². The van der Waals surface area contributed by atoms with Crippen molar-refractivity contribution in [1.29, 1.82) is 0 Å². The van der Waals surface area contributed by atoms with Gasteiger partial charge in [0.2, 0.25) is 0 Å². The molecule has 0 heterocycles. The molecular formula is C18H17Cl3N2O2. The third kappa shape index (κ3) is 5.11. The van der Waals surface area contributed by atoms with E-state index in [1.807, 2.05) is 6.92 Å². The number of halogens is 3. The summed E-state index contributed by atoms with van der Waals surface area (Å²) in [5.74, 6) is -0.643.